The number of aromatic nitrogens is 3. The van der Waals surface area contributed by atoms with Crippen LogP contribution in [0.2, 0.25) is 0 Å². The predicted molar refractivity (Wildman–Crippen MR) is 89.6 cm³/mol. The average Bonchev–Trinajstić information content (AvgIpc) is 2.87. The second-order valence-electron chi connectivity index (χ2n) is 4.68. The molecule has 3 aromatic rings. The fourth-order valence-electron chi connectivity index (χ4n) is 2.12. The van der Waals surface area contributed by atoms with Gasteiger partial charge < -0.3 is 4.98 Å². The summed E-state index contributed by atoms with van der Waals surface area (Å²) in [5.41, 5.74) is 4.05. The Morgan fingerprint density at radius 2 is 1.76 bits per heavy atom. The number of pyridine rings is 1. The smallest absolute Gasteiger partial charge is 0.130 e. The molecule has 0 bridgehead atoms. The lowest BCUT2D eigenvalue weighted by molar-refractivity contribution is 1.22. The van der Waals surface area contributed by atoms with Gasteiger partial charge in [-0.2, -0.15) is 0 Å². The minimum atomic E-state index is 0.824. The van der Waals surface area contributed by atoms with Gasteiger partial charge in [-0.25, -0.2) is 9.97 Å². The summed E-state index contributed by atoms with van der Waals surface area (Å²) in [6.45, 7) is 2.03. The lowest BCUT2D eigenvalue weighted by Gasteiger charge is -1.96. The minimum Gasteiger partial charge on any atom is -0.342 e. The Kier molecular flexibility index (Phi) is 3.97. The number of halogens is 1. The number of aryl methyl sites for hydroxylation is 1. The molecule has 0 amide bonds. The molecule has 3 rings (SSSR count). The molecule has 0 aliphatic carbocycles. The molecular weight excluding hydrogens is 326 g/mol. The highest BCUT2D eigenvalue weighted by molar-refractivity contribution is 9.10. The largest absolute Gasteiger partial charge is 0.342 e. The molecule has 4 heteroatoms. The van der Waals surface area contributed by atoms with Crippen LogP contribution < -0.4 is 0 Å². The van der Waals surface area contributed by atoms with Crippen molar-refractivity contribution < 1.29 is 0 Å². The molecule has 0 unspecified atom stereocenters. The van der Waals surface area contributed by atoms with Crippen LogP contribution in [0.25, 0.3) is 23.4 Å². The van der Waals surface area contributed by atoms with Gasteiger partial charge in [-0.1, -0.05) is 36.4 Å². The summed E-state index contributed by atoms with van der Waals surface area (Å²) < 4.78 is 0.824. The van der Waals surface area contributed by atoms with E-state index in [-0.39, 0.29) is 0 Å². The highest BCUT2D eigenvalue weighted by Gasteiger charge is 2.06. The number of nitrogens with zero attached hydrogens (tertiary/aromatic N) is 2. The average molecular weight is 340 g/mol. The number of hydrogen-bond donors (Lipinski definition) is 1. The van der Waals surface area contributed by atoms with Crippen LogP contribution in [0.5, 0.6) is 0 Å². The van der Waals surface area contributed by atoms with Crippen LogP contribution in [-0.2, 0) is 0 Å². The predicted octanol–water partition coefficient (Wildman–Crippen LogP) is 4.71. The molecule has 0 atom stereocenters. The molecule has 0 spiro atoms. The minimum absolute atomic E-state index is 0.824. The third kappa shape index (κ3) is 3.28. The molecule has 2 heterocycles. The van der Waals surface area contributed by atoms with Gasteiger partial charge in [0.05, 0.1) is 11.4 Å². The molecule has 0 aliphatic heterocycles. The first-order valence-electron chi connectivity index (χ1n) is 6.65. The zero-order valence-electron chi connectivity index (χ0n) is 11.5. The number of imidazole rings is 1. The number of benzene rings is 1. The molecule has 2 aromatic heterocycles. The summed E-state index contributed by atoms with van der Waals surface area (Å²) >= 11 is 3.37. The number of hydrogen-bond acceptors (Lipinski definition) is 2. The monoisotopic (exact) mass is 339 g/mol. The molecule has 1 aromatic carbocycles. The maximum Gasteiger partial charge on any atom is 0.130 e. The maximum absolute atomic E-state index is 4.64. The van der Waals surface area contributed by atoms with E-state index in [4.69, 9.17) is 0 Å². The van der Waals surface area contributed by atoms with E-state index in [1.165, 1.54) is 0 Å². The van der Waals surface area contributed by atoms with E-state index < -0.39 is 0 Å². The second-order valence-corrected chi connectivity index (χ2v) is 5.49. The van der Waals surface area contributed by atoms with Gasteiger partial charge in [0.25, 0.3) is 0 Å². The fourth-order valence-corrected chi connectivity index (χ4v) is 2.48. The zero-order chi connectivity index (χ0) is 14.7. The first-order chi connectivity index (χ1) is 10.2. The summed E-state index contributed by atoms with van der Waals surface area (Å²) in [6.07, 6.45) is 3.88. The Balaban J connectivity index is 1.88. The number of nitrogens with one attached hydrogen (secondary N) is 1. The Labute approximate surface area is 131 Å². The van der Waals surface area contributed by atoms with Crippen LogP contribution in [-0.4, -0.2) is 15.0 Å². The van der Waals surface area contributed by atoms with E-state index in [0.29, 0.717) is 0 Å². The van der Waals surface area contributed by atoms with Gasteiger partial charge in [0.2, 0.25) is 0 Å². The molecule has 0 radical (unpaired) electrons. The van der Waals surface area contributed by atoms with E-state index >= 15 is 0 Å². The molecule has 0 fully saturated rings. The van der Waals surface area contributed by atoms with Gasteiger partial charge in [-0.15, -0.1) is 0 Å². The second kappa shape index (κ2) is 6.06. The van der Waals surface area contributed by atoms with Crippen LogP contribution in [0.1, 0.15) is 17.2 Å². The van der Waals surface area contributed by atoms with Crippen LogP contribution in [0.4, 0.5) is 0 Å². The first kappa shape index (κ1) is 13.8. The van der Waals surface area contributed by atoms with Crippen molar-refractivity contribution in [3.8, 4) is 11.3 Å². The summed E-state index contributed by atoms with van der Waals surface area (Å²) in [6, 6.07) is 16.0. The molecule has 3 nitrogen and oxygen atoms in total. The standard InChI is InChI=1S/C17H14BrN3/c1-12-17(13-6-3-2-4-7-13)21-16(19-12)11-10-14-8-5-9-15(18)20-14/h2-11H,1H3,(H,19,21). The Morgan fingerprint density at radius 3 is 2.52 bits per heavy atom. The van der Waals surface area contributed by atoms with Crippen molar-refractivity contribution in [3.05, 3.63) is 70.3 Å². The topological polar surface area (TPSA) is 41.6 Å². The lowest BCUT2D eigenvalue weighted by atomic mass is 10.1. The van der Waals surface area contributed by atoms with E-state index in [2.05, 4.69) is 43.0 Å². The normalized spacial score (nSPS) is 11.1. The summed E-state index contributed by atoms with van der Waals surface area (Å²) in [7, 11) is 0. The van der Waals surface area contributed by atoms with Crippen molar-refractivity contribution in [2.75, 3.05) is 0 Å². The Hall–Kier alpha value is -2.20. The van der Waals surface area contributed by atoms with Crippen LogP contribution >= 0.6 is 15.9 Å². The Morgan fingerprint density at radius 1 is 0.952 bits per heavy atom. The van der Waals surface area contributed by atoms with E-state index in [9.17, 15) is 0 Å². The molecular formula is C17H14BrN3. The number of rotatable bonds is 3. The number of aromatic amines is 1. The van der Waals surface area contributed by atoms with E-state index in [1.807, 2.05) is 55.5 Å². The van der Waals surface area contributed by atoms with Crippen molar-refractivity contribution in [2.45, 2.75) is 6.92 Å². The van der Waals surface area contributed by atoms with Crippen LogP contribution in [0.3, 0.4) is 0 Å². The molecule has 104 valence electrons. The molecule has 21 heavy (non-hydrogen) atoms. The third-order valence-electron chi connectivity index (χ3n) is 3.10. The van der Waals surface area contributed by atoms with Gasteiger partial charge in [-0.3, -0.25) is 0 Å². The van der Waals surface area contributed by atoms with Crippen molar-refractivity contribution in [2.24, 2.45) is 0 Å². The fraction of sp³-hybridized carbons (Fsp3) is 0.0588. The van der Waals surface area contributed by atoms with Crippen LogP contribution in [0, 0.1) is 6.92 Å². The van der Waals surface area contributed by atoms with Crippen molar-refractivity contribution in [1.29, 1.82) is 0 Å². The summed E-state index contributed by atoms with van der Waals surface area (Å²) in [4.78, 5) is 12.3. The van der Waals surface area contributed by atoms with E-state index in [0.717, 1.165) is 33.1 Å². The lowest BCUT2D eigenvalue weighted by Crippen LogP contribution is -1.81. The quantitative estimate of drug-likeness (QED) is 0.702. The van der Waals surface area contributed by atoms with Gasteiger partial charge >= 0.3 is 0 Å². The van der Waals surface area contributed by atoms with Crippen molar-refractivity contribution in [3.63, 3.8) is 0 Å². The highest BCUT2D eigenvalue weighted by atomic mass is 79.9. The van der Waals surface area contributed by atoms with Crippen molar-refractivity contribution >= 4 is 28.1 Å². The first-order valence-corrected chi connectivity index (χ1v) is 7.44. The van der Waals surface area contributed by atoms with Gasteiger partial charge in [0.15, 0.2) is 0 Å². The Bertz CT molecular complexity index is 776. The van der Waals surface area contributed by atoms with Gasteiger partial charge in [0, 0.05) is 11.3 Å². The molecule has 0 saturated carbocycles. The van der Waals surface area contributed by atoms with Gasteiger partial charge in [-0.05, 0) is 47.1 Å². The number of H-pyrrole nitrogens is 1. The maximum atomic E-state index is 4.64. The summed E-state index contributed by atoms with van der Waals surface area (Å²) in [5, 5.41) is 0. The zero-order valence-corrected chi connectivity index (χ0v) is 13.1. The highest BCUT2D eigenvalue weighted by Crippen LogP contribution is 2.21. The molecule has 0 aliphatic rings. The molecule has 0 saturated heterocycles. The SMILES string of the molecule is Cc1[nH]c(C=Cc2cccc(Br)n2)nc1-c1ccccc1. The summed E-state index contributed by atoms with van der Waals surface area (Å²) in [5.74, 6) is 0.827. The van der Waals surface area contributed by atoms with Gasteiger partial charge in [0.1, 0.15) is 10.4 Å². The van der Waals surface area contributed by atoms with Crippen molar-refractivity contribution in [1.82, 2.24) is 15.0 Å². The van der Waals surface area contributed by atoms with E-state index in [1.54, 1.807) is 0 Å². The molecule has 1 N–H and O–H groups in total. The third-order valence-corrected chi connectivity index (χ3v) is 3.54. The van der Waals surface area contributed by atoms with Crippen LogP contribution in [0.15, 0.2) is 53.1 Å².